The van der Waals surface area contributed by atoms with Crippen LogP contribution in [0.3, 0.4) is 0 Å². The molecule has 2 nitrogen and oxygen atoms in total. The highest BCUT2D eigenvalue weighted by Gasteiger charge is 2.20. The fourth-order valence-electron chi connectivity index (χ4n) is 9.93. The van der Waals surface area contributed by atoms with Crippen LogP contribution in [0.5, 0.6) is 0 Å². The van der Waals surface area contributed by atoms with Crippen LogP contribution in [0.15, 0.2) is 176 Å². The Morgan fingerprint density at radius 3 is 1.37 bits per heavy atom. The monoisotopic (exact) mass is 778 g/mol. The summed E-state index contributed by atoms with van der Waals surface area (Å²) in [6.07, 6.45) is 1.10. The fourth-order valence-corrected chi connectivity index (χ4v) is 11.0. The molecule has 0 bridgehead atoms. The highest BCUT2D eigenvalue weighted by molar-refractivity contribution is 7.25. The van der Waals surface area contributed by atoms with Gasteiger partial charge in [0, 0.05) is 53.1 Å². The lowest BCUT2D eigenvalue weighted by molar-refractivity contribution is 0.286. The van der Waals surface area contributed by atoms with Gasteiger partial charge in [0.25, 0.3) is 0 Å². The van der Waals surface area contributed by atoms with Crippen molar-refractivity contribution in [3.63, 3.8) is 0 Å². The summed E-state index contributed by atoms with van der Waals surface area (Å²) in [4.78, 5) is 0. The molecule has 286 valence electrons. The van der Waals surface area contributed by atoms with Gasteiger partial charge in [-0.05, 0) is 131 Å². The Balaban J connectivity index is 0.986. The van der Waals surface area contributed by atoms with Gasteiger partial charge in [0.1, 0.15) is 0 Å². The zero-order valence-electron chi connectivity index (χ0n) is 34.0. The fraction of sp³-hybridized carbons (Fsp3) is 0.143. The van der Waals surface area contributed by atoms with Crippen LogP contribution in [0, 0.1) is 17.8 Å². The van der Waals surface area contributed by atoms with Crippen LogP contribution in [0.4, 0.5) is 0 Å². The van der Waals surface area contributed by atoms with Crippen molar-refractivity contribution in [2.45, 2.75) is 34.1 Å². The van der Waals surface area contributed by atoms with Crippen molar-refractivity contribution < 1.29 is 0 Å². The standard InChI is InChI=1S/C56H46N2S/c1-35(2)47(36(3)4)30-37-13-11-15-42(29-37)57-53-22-10-7-19-46(53)48-32-39(23-26-54(48)57)41-25-28-56-50(34-41)49-33-40(24-27-55(49)59-56)38-14-12-16-43(31-38)58-51-20-8-5-17-44(51)45-18-6-9-21-52(45)58/h5-29,31-36,47H,30H2,1-4H3. The first-order valence-electron chi connectivity index (χ1n) is 21.1. The average molecular weight is 779 g/mol. The molecular weight excluding hydrogens is 733 g/mol. The van der Waals surface area contributed by atoms with E-state index in [0.717, 1.165) is 6.42 Å². The number of hydrogen-bond acceptors (Lipinski definition) is 1. The largest absolute Gasteiger partial charge is 0.309 e. The zero-order valence-corrected chi connectivity index (χ0v) is 34.8. The Hall–Kier alpha value is -6.42. The SMILES string of the molecule is CC(C)C(Cc1cccc(-n2c3ccccc3c3cc(-c4ccc5sc6ccc(-c7cccc(-n8c9ccccc9c9ccccc98)c7)cc6c5c4)ccc32)c1)C(C)C. The molecule has 59 heavy (non-hydrogen) atoms. The lowest BCUT2D eigenvalue weighted by Crippen LogP contribution is -2.18. The van der Waals surface area contributed by atoms with Crippen LogP contribution in [-0.2, 0) is 6.42 Å². The molecule has 0 radical (unpaired) electrons. The molecule has 11 rings (SSSR count). The molecule has 0 aliphatic heterocycles. The lowest BCUT2D eigenvalue weighted by atomic mass is 9.81. The van der Waals surface area contributed by atoms with E-state index in [4.69, 9.17) is 0 Å². The molecule has 0 unspecified atom stereocenters. The van der Waals surface area contributed by atoms with Crippen molar-refractivity contribution in [3.05, 3.63) is 181 Å². The Morgan fingerprint density at radius 1 is 0.373 bits per heavy atom. The summed E-state index contributed by atoms with van der Waals surface area (Å²) in [5, 5.41) is 7.74. The maximum Gasteiger partial charge on any atom is 0.0541 e. The van der Waals surface area contributed by atoms with Gasteiger partial charge in [-0.25, -0.2) is 0 Å². The van der Waals surface area contributed by atoms with Gasteiger partial charge >= 0.3 is 0 Å². The minimum absolute atomic E-state index is 0.647. The highest BCUT2D eigenvalue weighted by atomic mass is 32.1. The minimum Gasteiger partial charge on any atom is -0.309 e. The predicted octanol–water partition coefficient (Wildman–Crippen LogP) is 16.1. The molecule has 0 aliphatic rings. The number of rotatable bonds is 8. The Kier molecular flexibility index (Phi) is 8.56. The first kappa shape index (κ1) is 35.7. The average Bonchev–Trinajstić information content (AvgIpc) is 3.92. The molecule has 11 aromatic rings. The summed E-state index contributed by atoms with van der Waals surface area (Å²) in [6, 6.07) is 65.7. The van der Waals surface area contributed by atoms with Crippen LogP contribution in [0.2, 0.25) is 0 Å². The van der Waals surface area contributed by atoms with Gasteiger partial charge in [-0.2, -0.15) is 0 Å². The Morgan fingerprint density at radius 2 is 0.814 bits per heavy atom. The van der Waals surface area contributed by atoms with Gasteiger partial charge in [-0.15, -0.1) is 11.3 Å². The topological polar surface area (TPSA) is 9.86 Å². The molecule has 0 N–H and O–H groups in total. The first-order valence-corrected chi connectivity index (χ1v) is 21.9. The molecule has 3 aromatic heterocycles. The van der Waals surface area contributed by atoms with Crippen LogP contribution in [0.25, 0.3) is 97.4 Å². The van der Waals surface area contributed by atoms with Gasteiger partial charge in [0.15, 0.2) is 0 Å². The van der Waals surface area contributed by atoms with E-state index in [0.29, 0.717) is 17.8 Å². The molecule has 0 aliphatic carbocycles. The Bertz CT molecular complexity index is 3330. The van der Waals surface area contributed by atoms with Crippen LogP contribution >= 0.6 is 11.3 Å². The van der Waals surface area contributed by atoms with E-state index in [1.54, 1.807) is 0 Å². The second-order valence-corrected chi connectivity index (χ2v) is 18.1. The normalized spacial score (nSPS) is 12.3. The van der Waals surface area contributed by atoms with E-state index in [-0.39, 0.29) is 0 Å². The molecule has 0 amide bonds. The lowest BCUT2D eigenvalue weighted by Gasteiger charge is -2.25. The van der Waals surface area contributed by atoms with Crippen molar-refractivity contribution in [2.75, 3.05) is 0 Å². The van der Waals surface area contributed by atoms with Crippen molar-refractivity contribution in [1.29, 1.82) is 0 Å². The molecule has 0 atom stereocenters. The van der Waals surface area contributed by atoms with Crippen molar-refractivity contribution in [2.24, 2.45) is 17.8 Å². The molecule has 0 saturated carbocycles. The summed E-state index contributed by atoms with van der Waals surface area (Å²) in [5.74, 6) is 1.95. The number of hydrogen-bond donors (Lipinski definition) is 0. The van der Waals surface area contributed by atoms with Crippen molar-refractivity contribution >= 4 is 75.1 Å². The van der Waals surface area contributed by atoms with Crippen LogP contribution in [-0.4, -0.2) is 9.13 Å². The number of fused-ring (bicyclic) bond motifs is 9. The quantitative estimate of drug-likeness (QED) is 0.145. The zero-order chi connectivity index (χ0) is 39.8. The summed E-state index contributed by atoms with van der Waals surface area (Å²) in [6.45, 7) is 9.46. The van der Waals surface area contributed by atoms with Crippen LogP contribution < -0.4 is 0 Å². The number of aromatic nitrogens is 2. The summed E-state index contributed by atoms with van der Waals surface area (Å²) in [7, 11) is 0. The Labute approximate surface area is 349 Å². The summed E-state index contributed by atoms with van der Waals surface area (Å²) in [5.41, 5.74) is 13.7. The third-order valence-corrected chi connectivity index (χ3v) is 14.0. The van der Waals surface area contributed by atoms with E-state index in [2.05, 4.69) is 213 Å². The molecule has 0 fully saturated rings. The molecule has 3 heterocycles. The maximum absolute atomic E-state index is 2.46. The third kappa shape index (κ3) is 5.98. The number of nitrogens with zero attached hydrogens (tertiary/aromatic N) is 2. The highest BCUT2D eigenvalue weighted by Crippen LogP contribution is 2.41. The smallest absolute Gasteiger partial charge is 0.0541 e. The molecule has 0 spiro atoms. The van der Waals surface area contributed by atoms with E-state index < -0.39 is 0 Å². The first-order chi connectivity index (χ1) is 28.9. The number of thiophene rings is 1. The molecule has 0 saturated heterocycles. The van der Waals surface area contributed by atoms with E-state index in [1.807, 2.05) is 11.3 Å². The number of para-hydroxylation sites is 3. The second-order valence-electron chi connectivity index (χ2n) is 17.1. The van der Waals surface area contributed by atoms with Crippen molar-refractivity contribution in [3.8, 4) is 33.6 Å². The maximum atomic E-state index is 2.46. The third-order valence-electron chi connectivity index (χ3n) is 12.8. The second kappa shape index (κ2) is 14.1. The van der Waals surface area contributed by atoms with Crippen molar-refractivity contribution in [1.82, 2.24) is 9.13 Å². The van der Waals surface area contributed by atoms with Gasteiger partial charge in [-0.3, -0.25) is 0 Å². The van der Waals surface area contributed by atoms with E-state index >= 15 is 0 Å². The molecule has 8 aromatic carbocycles. The minimum atomic E-state index is 0.647. The van der Waals surface area contributed by atoms with E-state index in [9.17, 15) is 0 Å². The summed E-state index contributed by atoms with van der Waals surface area (Å²) >= 11 is 1.88. The van der Waals surface area contributed by atoms with Gasteiger partial charge < -0.3 is 9.13 Å². The van der Waals surface area contributed by atoms with E-state index in [1.165, 1.54) is 103 Å². The summed E-state index contributed by atoms with van der Waals surface area (Å²) < 4.78 is 7.49. The number of benzene rings is 8. The predicted molar refractivity (Wildman–Crippen MR) is 256 cm³/mol. The van der Waals surface area contributed by atoms with Crippen LogP contribution in [0.1, 0.15) is 33.3 Å². The molecule has 3 heteroatoms. The van der Waals surface area contributed by atoms with Gasteiger partial charge in [-0.1, -0.05) is 125 Å². The molecular formula is C56H46N2S. The van der Waals surface area contributed by atoms with Gasteiger partial charge in [0.05, 0.1) is 22.1 Å². The van der Waals surface area contributed by atoms with Gasteiger partial charge in [0.2, 0.25) is 0 Å².